The number of ether oxygens (including phenoxy) is 1. The molecule has 0 saturated heterocycles. The summed E-state index contributed by atoms with van der Waals surface area (Å²) in [6.45, 7) is 2.62. The maximum absolute atomic E-state index is 13.1. The number of nitrogens with zero attached hydrogens (tertiary/aromatic N) is 1. The number of H-pyrrole nitrogens is 1. The van der Waals surface area contributed by atoms with Gasteiger partial charge in [0, 0.05) is 18.2 Å². The first-order valence-corrected chi connectivity index (χ1v) is 5.63. The van der Waals surface area contributed by atoms with Gasteiger partial charge in [-0.15, -0.1) is 0 Å². The molecule has 0 radical (unpaired) electrons. The van der Waals surface area contributed by atoms with Crippen LogP contribution in [-0.2, 0) is 11.3 Å². The first-order chi connectivity index (χ1) is 8.69. The minimum absolute atomic E-state index is 0.231. The van der Waals surface area contributed by atoms with Gasteiger partial charge in [0.1, 0.15) is 18.2 Å². The second kappa shape index (κ2) is 5.55. The Hall–Kier alpha value is -2.01. The molecule has 0 spiro atoms. The molecule has 0 amide bonds. The van der Waals surface area contributed by atoms with Gasteiger partial charge >= 0.3 is 0 Å². The lowest BCUT2D eigenvalue weighted by Crippen LogP contribution is -2.12. The van der Waals surface area contributed by atoms with Crippen LogP contribution in [0.25, 0.3) is 11.3 Å². The summed E-state index contributed by atoms with van der Waals surface area (Å²) in [5, 5.41) is 0. The number of halogens is 1. The van der Waals surface area contributed by atoms with Crippen molar-refractivity contribution in [3.05, 3.63) is 52.3 Å². The Morgan fingerprint density at radius 1 is 1.39 bits per heavy atom. The van der Waals surface area contributed by atoms with Gasteiger partial charge in [0.25, 0.3) is 5.56 Å². The second-order valence-corrected chi connectivity index (χ2v) is 3.72. The molecule has 0 aliphatic carbocycles. The summed E-state index contributed by atoms with van der Waals surface area (Å²) in [5.41, 5.74) is 0.728. The average Bonchev–Trinajstić information content (AvgIpc) is 2.36. The highest BCUT2D eigenvalue weighted by Gasteiger charge is 2.05. The van der Waals surface area contributed by atoms with Crippen molar-refractivity contribution in [2.75, 3.05) is 6.61 Å². The molecule has 2 rings (SSSR count). The van der Waals surface area contributed by atoms with E-state index in [2.05, 4.69) is 9.97 Å². The van der Waals surface area contributed by atoms with Gasteiger partial charge in [0.15, 0.2) is 0 Å². The SMILES string of the molecule is CCOCc1nc(-c2cccc(F)c2)cc(=O)[nH]1. The van der Waals surface area contributed by atoms with E-state index in [0.29, 0.717) is 23.7 Å². The fourth-order valence-corrected chi connectivity index (χ4v) is 1.57. The topological polar surface area (TPSA) is 55.0 Å². The average molecular weight is 248 g/mol. The van der Waals surface area contributed by atoms with Crippen LogP contribution >= 0.6 is 0 Å². The van der Waals surface area contributed by atoms with Crippen molar-refractivity contribution in [2.24, 2.45) is 0 Å². The Morgan fingerprint density at radius 2 is 2.22 bits per heavy atom. The molecule has 0 atom stereocenters. The number of aromatic nitrogens is 2. The molecule has 0 bridgehead atoms. The van der Waals surface area contributed by atoms with E-state index in [-0.39, 0.29) is 18.0 Å². The molecule has 2 aromatic rings. The molecule has 1 aromatic heterocycles. The number of hydrogen-bond acceptors (Lipinski definition) is 3. The number of nitrogens with one attached hydrogen (secondary N) is 1. The summed E-state index contributed by atoms with van der Waals surface area (Å²) >= 11 is 0. The van der Waals surface area contributed by atoms with Gasteiger partial charge in [0.05, 0.1) is 5.69 Å². The highest BCUT2D eigenvalue weighted by Crippen LogP contribution is 2.16. The Kier molecular flexibility index (Phi) is 3.84. The second-order valence-electron chi connectivity index (χ2n) is 3.72. The van der Waals surface area contributed by atoms with Crippen LogP contribution < -0.4 is 5.56 Å². The summed E-state index contributed by atoms with van der Waals surface area (Å²) in [4.78, 5) is 18.3. The van der Waals surface area contributed by atoms with Gasteiger partial charge in [-0.3, -0.25) is 4.79 Å². The minimum atomic E-state index is -0.360. The largest absolute Gasteiger partial charge is 0.374 e. The molecule has 0 aliphatic rings. The molecule has 1 aromatic carbocycles. The zero-order valence-corrected chi connectivity index (χ0v) is 9.94. The number of hydrogen-bond donors (Lipinski definition) is 1. The van der Waals surface area contributed by atoms with E-state index in [9.17, 15) is 9.18 Å². The predicted octanol–water partition coefficient (Wildman–Crippen LogP) is 2.11. The highest BCUT2D eigenvalue weighted by atomic mass is 19.1. The lowest BCUT2D eigenvalue weighted by atomic mass is 10.1. The van der Waals surface area contributed by atoms with Crippen LogP contribution in [0, 0.1) is 5.82 Å². The van der Waals surface area contributed by atoms with E-state index >= 15 is 0 Å². The van der Waals surface area contributed by atoms with Gasteiger partial charge in [-0.05, 0) is 19.1 Å². The summed E-state index contributed by atoms with van der Waals surface area (Å²) in [7, 11) is 0. The van der Waals surface area contributed by atoms with Crippen LogP contribution in [0.1, 0.15) is 12.7 Å². The molecule has 1 heterocycles. The lowest BCUT2D eigenvalue weighted by Gasteiger charge is -2.04. The Morgan fingerprint density at radius 3 is 2.94 bits per heavy atom. The molecule has 4 nitrogen and oxygen atoms in total. The zero-order valence-electron chi connectivity index (χ0n) is 9.94. The van der Waals surface area contributed by atoms with E-state index in [1.165, 1.54) is 18.2 Å². The van der Waals surface area contributed by atoms with Gasteiger partial charge < -0.3 is 9.72 Å². The standard InChI is InChI=1S/C13H13FN2O2/c1-2-18-8-12-15-11(7-13(17)16-12)9-4-3-5-10(14)6-9/h3-7H,2,8H2,1H3,(H,15,16,17). The molecule has 0 fully saturated rings. The summed E-state index contributed by atoms with van der Waals surface area (Å²) in [5.74, 6) is 0.0737. The molecular weight excluding hydrogens is 235 g/mol. The van der Waals surface area contributed by atoms with Crippen LogP contribution in [0.4, 0.5) is 4.39 Å². The molecule has 0 aliphatic heterocycles. The van der Waals surface area contributed by atoms with E-state index in [1.54, 1.807) is 12.1 Å². The number of aromatic amines is 1. The number of benzene rings is 1. The quantitative estimate of drug-likeness (QED) is 0.901. The van der Waals surface area contributed by atoms with E-state index in [1.807, 2.05) is 6.92 Å². The first-order valence-electron chi connectivity index (χ1n) is 5.63. The van der Waals surface area contributed by atoms with E-state index in [0.717, 1.165) is 0 Å². The first kappa shape index (κ1) is 12.4. The molecule has 5 heteroatoms. The summed E-state index contributed by atoms with van der Waals surface area (Å²) in [6.07, 6.45) is 0. The van der Waals surface area contributed by atoms with Crippen molar-refractivity contribution < 1.29 is 9.13 Å². The lowest BCUT2D eigenvalue weighted by molar-refractivity contribution is 0.128. The normalized spacial score (nSPS) is 10.6. The van der Waals surface area contributed by atoms with E-state index in [4.69, 9.17) is 4.74 Å². The molecular formula is C13H13FN2O2. The third-order valence-electron chi connectivity index (χ3n) is 2.35. The van der Waals surface area contributed by atoms with Gasteiger partial charge in [0.2, 0.25) is 0 Å². The molecule has 0 saturated carbocycles. The fraction of sp³-hybridized carbons (Fsp3) is 0.231. The van der Waals surface area contributed by atoms with Crippen LogP contribution in [0.2, 0.25) is 0 Å². The molecule has 1 N–H and O–H groups in total. The Balaban J connectivity index is 2.38. The van der Waals surface area contributed by atoms with E-state index < -0.39 is 0 Å². The summed E-state index contributed by atoms with van der Waals surface area (Å²) < 4.78 is 18.3. The third kappa shape index (κ3) is 3.01. The maximum Gasteiger partial charge on any atom is 0.251 e. The Bertz CT molecular complexity index is 596. The maximum atomic E-state index is 13.1. The van der Waals surface area contributed by atoms with Gasteiger partial charge in [-0.1, -0.05) is 12.1 Å². The zero-order chi connectivity index (χ0) is 13.0. The molecule has 0 unspecified atom stereocenters. The van der Waals surface area contributed by atoms with Crippen molar-refractivity contribution >= 4 is 0 Å². The molecule has 18 heavy (non-hydrogen) atoms. The van der Waals surface area contributed by atoms with Crippen molar-refractivity contribution in [1.82, 2.24) is 9.97 Å². The fourth-order valence-electron chi connectivity index (χ4n) is 1.57. The van der Waals surface area contributed by atoms with Gasteiger partial charge in [-0.2, -0.15) is 0 Å². The van der Waals surface area contributed by atoms with Crippen molar-refractivity contribution in [2.45, 2.75) is 13.5 Å². The van der Waals surface area contributed by atoms with Crippen molar-refractivity contribution in [3.8, 4) is 11.3 Å². The van der Waals surface area contributed by atoms with Gasteiger partial charge in [-0.25, -0.2) is 9.37 Å². The summed E-state index contributed by atoms with van der Waals surface area (Å²) in [6, 6.07) is 7.30. The van der Waals surface area contributed by atoms with Crippen LogP contribution in [0.15, 0.2) is 35.1 Å². The third-order valence-corrected chi connectivity index (χ3v) is 2.35. The number of rotatable bonds is 4. The van der Waals surface area contributed by atoms with Crippen LogP contribution in [0.5, 0.6) is 0 Å². The molecule has 94 valence electrons. The van der Waals surface area contributed by atoms with Crippen LogP contribution in [0.3, 0.4) is 0 Å². The Labute approximate surface area is 103 Å². The monoisotopic (exact) mass is 248 g/mol. The van der Waals surface area contributed by atoms with Crippen LogP contribution in [-0.4, -0.2) is 16.6 Å². The smallest absolute Gasteiger partial charge is 0.251 e. The predicted molar refractivity (Wildman–Crippen MR) is 65.6 cm³/mol. The minimum Gasteiger partial charge on any atom is -0.374 e. The van der Waals surface area contributed by atoms with Crippen molar-refractivity contribution in [3.63, 3.8) is 0 Å². The highest BCUT2D eigenvalue weighted by molar-refractivity contribution is 5.58. The van der Waals surface area contributed by atoms with Crippen molar-refractivity contribution in [1.29, 1.82) is 0 Å².